The first-order valence-corrected chi connectivity index (χ1v) is 6.47. The summed E-state index contributed by atoms with van der Waals surface area (Å²) in [6.45, 7) is 1.86. The van der Waals surface area contributed by atoms with Gasteiger partial charge in [0, 0.05) is 15.6 Å². The Kier molecular flexibility index (Phi) is 4.01. The summed E-state index contributed by atoms with van der Waals surface area (Å²) in [5.74, 6) is -0.433. The number of nitrogens with one attached hydrogen (secondary N) is 2. The average molecular weight is 343 g/mol. The first kappa shape index (κ1) is 13.8. The molecule has 0 unspecified atom stereocenters. The summed E-state index contributed by atoms with van der Waals surface area (Å²) < 4.78 is 0.715. The summed E-state index contributed by atoms with van der Waals surface area (Å²) in [6, 6.07) is 6.03. The van der Waals surface area contributed by atoms with Gasteiger partial charge in [0.25, 0.3) is 11.5 Å². The zero-order valence-electron chi connectivity index (χ0n) is 9.83. The number of aryl methyl sites for hydroxylation is 1. The second-order valence-electron chi connectivity index (χ2n) is 3.84. The van der Waals surface area contributed by atoms with Crippen molar-refractivity contribution in [3.05, 3.63) is 55.4 Å². The third kappa shape index (κ3) is 3.21. The highest BCUT2D eigenvalue weighted by Crippen LogP contribution is 2.29. The molecular weight excluding hydrogens is 334 g/mol. The molecule has 2 aromatic rings. The third-order valence-corrected chi connectivity index (χ3v) is 3.47. The number of rotatable bonds is 2. The quantitative estimate of drug-likeness (QED) is 0.881. The number of benzene rings is 1. The first-order valence-electron chi connectivity index (χ1n) is 5.30. The Morgan fingerprint density at radius 1 is 1.42 bits per heavy atom. The molecule has 0 fully saturated rings. The molecule has 2 N–H and O–H groups in total. The molecule has 5 nitrogen and oxygen atoms in total. The second-order valence-corrected chi connectivity index (χ2v) is 5.10. The summed E-state index contributed by atoms with van der Waals surface area (Å²) in [7, 11) is 0. The number of aromatic nitrogens is 2. The predicted octanol–water partition coefficient (Wildman–Crippen LogP) is 2.75. The van der Waals surface area contributed by atoms with Crippen molar-refractivity contribution in [3.63, 3.8) is 0 Å². The number of nitrogens with zero attached hydrogens (tertiary/aromatic N) is 1. The van der Waals surface area contributed by atoms with E-state index in [4.69, 9.17) is 11.6 Å². The molecule has 0 aliphatic rings. The van der Waals surface area contributed by atoms with E-state index in [0.717, 1.165) is 5.56 Å². The number of amides is 1. The van der Waals surface area contributed by atoms with Crippen LogP contribution >= 0.6 is 27.5 Å². The minimum atomic E-state index is -0.433. The molecule has 98 valence electrons. The van der Waals surface area contributed by atoms with Crippen LogP contribution in [0.15, 0.2) is 33.5 Å². The number of carbonyl (C=O) groups is 1. The van der Waals surface area contributed by atoms with Crippen LogP contribution in [0.1, 0.15) is 16.1 Å². The minimum absolute atomic E-state index is 0.114. The van der Waals surface area contributed by atoms with Crippen molar-refractivity contribution in [2.45, 2.75) is 6.92 Å². The summed E-state index contributed by atoms with van der Waals surface area (Å²) in [5.41, 5.74) is 1.18. The molecule has 7 heteroatoms. The molecule has 0 atom stereocenters. The molecule has 0 spiro atoms. The zero-order chi connectivity index (χ0) is 14.0. The maximum Gasteiger partial charge on any atom is 0.276 e. The van der Waals surface area contributed by atoms with Gasteiger partial charge in [-0.1, -0.05) is 11.6 Å². The van der Waals surface area contributed by atoms with Crippen LogP contribution in [0.3, 0.4) is 0 Å². The van der Waals surface area contributed by atoms with Crippen molar-refractivity contribution >= 4 is 39.1 Å². The van der Waals surface area contributed by atoms with Gasteiger partial charge in [-0.25, -0.2) is 5.10 Å². The van der Waals surface area contributed by atoms with Gasteiger partial charge in [-0.05, 0) is 46.6 Å². The lowest BCUT2D eigenvalue weighted by Crippen LogP contribution is -2.17. The Morgan fingerprint density at radius 2 is 2.16 bits per heavy atom. The lowest BCUT2D eigenvalue weighted by molar-refractivity contribution is 0.102. The van der Waals surface area contributed by atoms with Gasteiger partial charge < -0.3 is 5.32 Å². The van der Waals surface area contributed by atoms with Crippen molar-refractivity contribution in [2.24, 2.45) is 0 Å². The van der Waals surface area contributed by atoms with Crippen LogP contribution in [0.4, 0.5) is 5.69 Å². The van der Waals surface area contributed by atoms with E-state index < -0.39 is 5.91 Å². The van der Waals surface area contributed by atoms with Crippen molar-refractivity contribution in [1.29, 1.82) is 0 Å². The van der Waals surface area contributed by atoms with Crippen LogP contribution in [0.25, 0.3) is 0 Å². The van der Waals surface area contributed by atoms with Crippen molar-refractivity contribution < 1.29 is 4.79 Å². The van der Waals surface area contributed by atoms with Gasteiger partial charge in [0.1, 0.15) is 5.69 Å². The van der Waals surface area contributed by atoms with Crippen LogP contribution in [-0.2, 0) is 0 Å². The van der Waals surface area contributed by atoms with E-state index in [1.807, 2.05) is 6.92 Å². The van der Waals surface area contributed by atoms with Gasteiger partial charge in [-0.2, -0.15) is 5.10 Å². The average Bonchev–Trinajstić information content (AvgIpc) is 2.36. The highest BCUT2D eigenvalue weighted by atomic mass is 79.9. The fourth-order valence-corrected chi connectivity index (χ4v) is 2.12. The summed E-state index contributed by atoms with van der Waals surface area (Å²) in [4.78, 5) is 22.8. The maximum atomic E-state index is 11.9. The number of anilines is 1. The first-order chi connectivity index (χ1) is 8.97. The fourth-order valence-electron chi connectivity index (χ4n) is 1.40. The lowest BCUT2D eigenvalue weighted by atomic mass is 10.2. The van der Waals surface area contributed by atoms with E-state index in [0.29, 0.717) is 15.2 Å². The van der Waals surface area contributed by atoms with Crippen molar-refractivity contribution in [1.82, 2.24) is 10.2 Å². The second kappa shape index (κ2) is 5.54. The molecule has 1 amide bonds. The van der Waals surface area contributed by atoms with Gasteiger partial charge in [-0.3, -0.25) is 9.59 Å². The van der Waals surface area contributed by atoms with E-state index in [-0.39, 0.29) is 11.3 Å². The summed E-state index contributed by atoms with van der Waals surface area (Å²) >= 11 is 9.34. The Balaban J connectivity index is 2.26. The molecule has 0 aliphatic heterocycles. The van der Waals surface area contributed by atoms with E-state index >= 15 is 0 Å². The molecule has 19 heavy (non-hydrogen) atoms. The molecule has 0 radical (unpaired) electrons. The summed E-state index contributed by atoms with van der Waals surface area (Å²) in [5, 5.41) is 9.05. The molecule has 1 heterocycles. The number of halogens is 2. The predicted molar refractivity (Wildman–Crippen MR) is 76.7 cm³/mol. The van der Waals surface area contributed by atoms with E-state index in [2.05, 4.69) is 31.4 Å². The Morgan fingerprint density at radius 3 is 2.79 bits per heavy atom. The lowest BCUT2D eigenvalue weighted by Gasteiger charge is -2.08. The Bertz CT molecular complexity index is 679. The van der Waals surface area contributed by atoms with Crippen LogP contribution < -0.4 is 10.9 Å². The molecule has 2 rings (SSSR count). The fraction of sp³-hybridized carbons (Fsp3) is 0.0833. The largest absolute Gasteiger partial charge is 0.319 e. The van der Waals surface area contributed by atoms with Gasteiger partial charge in [-0.15, -0.1) is 0 Å². The number of aromatic amines is 1. The minimum Gasteiger partial charge on any atom is -0.319 e. The van der Waals surface area contributed by atoms with Crippen LogP contribution in [0, 0.1) is 6.92 Å². The van der Waals surface area contributed by atoms with Crippen LogP contribution in [0.5, 0.6) is 0 Å². The maximum absolute atomic E-state index is 11.9. The standard InChI is InChI=1S/C12H9BrClN3O2/c1-6-4-7(13)10(5-8(6)14)15-12(19)9-2-3-11(18)17-16-9/h2-5H,1H3,(H,15,19)(H,17,18). The van der Waals surface area contributed by atoms with Crippen molar-refractivity contribution in [2.75, 3.05) is 5.32 Å². The van der Waals surface area contributed by atoms with Gasteiger partial charge in [0.15, 0.2) is 0 Å². The summed E-state index contributed by atoms with van der Waals surface area (Å²) in [6.07, 6.45) is 0. The van der Waals surface area contributed by atoms with Crippen molar-refractivity contribution in [3.8, 4) is 0 Å². The van der Waals surface area contributed by atoms with E-state index in [1.165, 1.54) is 12.1 Å². The Labute approximate surface area is 122 Å². The van der Waals surface area contributed by atoms with Gasteiger partial charge in [0.05, 0.1) is 5.69 Å². The molecule has 0 aliphatic carbocycles. The molecule has 0 saturated heterocycles. The number of hydrogen-bond acceptors (Lipinski definition) is 3. The molecular formula is C12H9BrClN3O2. The van der Waals surface area contributed by atoms with Crippen LogP contribution in [-0.4, -0.2) is 16.1 Å². The topological polar surface area (TPSA) is 74.8 Å². The Hall–Kier alpha value is -1.66. The number of H-pyrrole nitrogens is 1. The molecule has 1 aromatic carbocycles. The smallest absolute Gasteiger partial charge is 0.276 e. The highest BCUT2D eigenvalue weighted by Gasteiger charge is 2.11. The zero-order valence-corrected chi connectivity index (χ0v) is 12.2. The normalized spacial score (nSPS) is 10.3. The van der Waals surface area contributed by atoms with E-state index in [1.54, 1.807) is 12.1 Å². The number of carbonyl (C=O) groups excluding carboxylic acids is 1. The third-order valence-electron chi connectivity index (χ3n) is 2.41. The highest BCUT2D eigenvalue weighted by molar-refractivity contribution is 9.10. The van der Waals surface area contributed by atoms with Crippen LogP contribution in [0.2, 0.25) is 5.02 Å². The molecule has 0 bridgehead atoms. The van der Waals surface area contributed by atoms with Gasteiger partial charge >= 0.3 is 0 Å². The monoisotopic (exact) mass is 341 g/mol. The van der Waals surface area contributed by atoms with E-state index in [9.17, 15) is 9.59 Å². The SMILES string of the molecule is Cc1cc(Br)c(NC(=O)c2ccc(=O)[nH]n2)cc1Cl. The number of hydrogen-bond donors (Lipinski definition) is 2. The molecule has 0 saturated carbocycles. The van der Waals surface area contributed by atoms with Gasteiger partial charge in [0.2, 0.25) is 0 Å². The molecule has 1 aromatic heterocycles.